The minimum Gasteiger partial charge on any atom is -0.486 e. The van der Waals surface area contributed by atoms with Crippen LogP contribution in [0, 0.1) is 5.92 Å². The molecule has 0 spiro atoms. The molecule has 0 aliphatic carbocycles. The number of ether oxygens (including phenoxy) is 2. The van der Waals surface area contributed by atoms with Crippen LogP contribution in [-0.2, 0) is 14.8 Å². The number of rotatable bonds is 6. The first-order chi connectivity index (χ1) is 14.3. The molecule has 0 bridgehead atoms. The third-order valence-corrected chi connectivity index (χ3v) is 6.59. The molecule has 0 saturated carbocycles. The first kappa shape index (κ1) is 20.5. The van der Waals surface area contributed by atoms with Crippen molar-refractivity contribution in [2.24, 2.45) is 5.92 Å². The summed E-state index contributed by atoms with van der Waals surface area (Å²) in [5, 5.41) is 2.75. The molecule has 0 fully saturated rings. The summed E-state index contributed by atoms with van der Waals surface area (Å²) < 4.78 is 47.7. The van der Waals surface area contributed by atoms with Gasteiger partial charge in [0.1, 0.15) is 35.2 Å². The number of nitrogens with one attached hydrogen (secondary N) is 2. The van der Waals surface area contributed by atoms with Gasteiger partial charge in [0.05, 0.1) is 11.7 Å². The molecule has 1 unspecified atom stereocenters. The van der Waals surface area contributed by atoms with Crippen LogP contribution in [0.2, 0.25) is 0 Å². The van der Waals surface area contributed by atoms with Crippen LogP contribution in [0.4, 0.5) is 5.69 Å². The number of amides is 1. The van der Waals surface area contributed by atoms with Crippen molar-refractivity contribution in [2.75, 3.05) is 18.5 Å². The second kappa shape index (κ2) is 8.17. The van der Waals surface area contributed by atoms with Gasteiger partial charge in [-0.15, -0.1) is 0 Å². The van der Waals surface area contributed by atoms with Gasteiger partial charge in [-0.05, 0) is 30.2 Å². The first-order valence-corrected chi connectivity index (χ1v) is 11.5. The van der Waals surface area contributed by atoms with Crippen molar-refractivity contribution in [3.05, 3.63) is 36.4 Å². The van der Waals surface area contributed by atoms with Crippen molar-refractivity contribution in [1.29, 1.82) is 0 Å². The summed E-state index contributed by atoms with van der Waals surface area (Å²) in [5.41, 5.74) is 1.26. The standard InChI is InChI=1S/C19H20N4O5S2/c1-11(2)17(19(24)20-12-6-7-14-15(10-12)28-9-8-27-14)23-30(25,26)16-5-3-4-13-18(16)22-29-21-13/h3-7,10-11,17,23H,8-9H2,1-2H3,(H,20,24). The average molecular weight is 449 g/mol. The van der Waals surface area contributed by atoms with Crippen LogP contribution in [0.3, 0.4) is 0 Å². The zero-order valence-electron chi connectivity index (χ0n) is 16.3. The number of nitrogens with zero attached hydrogens (tertiary/aromatic N) is 2. The molecular formula is C19H20N4O5S2. The molecule has 158 valence electrons. The number of hydrogen-bond acceptors (Lipinski definition) is 8. The van der Waals surface area contributed by atoms with Gasteiger partial charge >= 0.3 is 0 Å². The zero-order chi connectivity index (χ0) is 21.3. The van der Waals surface area contributed by atoms with Crippen LogP contribution in [0.25, 0.3) is 11.0 Å². The third kappa shape index (κ3) is 4.09. The smallest absolute Gasteiger partial charge is 0.243 e. The van der Waals surface area contributed by atoms with Crippen LogP contribution >= 0.6 is 11.7 Å². The number of aromatic nitrogens is 2. The van der Waals surface area contributed by atoms with E-state index < -0.39 is 22.0 Å². The first-order valence-electron chi connectivity index (χ1n) is 9.29. The summed E-state index contributed by atoms with van der Waals surface area (Å²) in [4.78, 5) is 12.9. The molecule has 0 saturated heterocycles. The lowest BCUT2D eigenvalue weighted by atomic mass is 10.0. The summed E-state index contributed by atoms with van der Waals surface area (Å²) in [7, 11) is -4.00. The van der Waals surface area contributed by atoms with Gasteiger partial charge in [-0.1, -0.05) is 19.9 Å². The van der Waals surface area contributed by atoms with Gasteiger partial charge in [0, 0.05) is 11.8 Å². The van der Waals surface area contributed by atoms with Crippen LogP contribution in [0.5, 0.6) is 11.5 Å². The van der Waals surface area contributed by atoms with Gasteiger partial charge in [0.25, 0.3) is 0 Å². The Morgan fingerprint density at radius 3 is 2.63 bits per heavy atom. The fourth-order valence-electron chi connectivity index (χ4n) is 3.06. The van der Waals surface area contributed by atoms with Crippen LogP contribution in [-0.4, -0.2) is 42.3 Å². The molecule has 9 nitrogen and oxygen atoms in total. The van der Waals surface area contributed by atoms with Crippen LogP contribution in [0.1, 0.15) is 13.8 Å². The maximum absolute atomic E-state index is 13.0. The summed E-state index contributed by atoms with van der Waals surface area (Å²) in [6, 6.07) is 8.77. The topological polar surface area (TPSA) is 120 Å². The molecule has 1 aromatic heterocycles. The molecule has 30 heavy (non-hydrogen) atoms. The maximum Gasteiger partial charge on any atom is 0.243 e. The van der Waals surface area contributed by atoms with Gasteiger partial charge in [-0.2, -0.15) is 13.5 Å². The lowest BCUT2D eigenvalue weighted by molar-refractivity contribution is -0.118. The molecule has 2 aromatic carbocycles. The van der Waals surface area contributed by atoms with Gasteiger partial charge in [-0.25, -0.2) is 8.42 Å². The Bertz CT molecular complexity index is 1190. The average Bonchev–Trinajstić information content (AvgIpc) is 3.20. The van der Waals surface area contributed by atoms with Gasteiger partial charge in [-0.3, -0.25) is 4.79 Å². The Morgan fingerprint density at radius 2 is 1.87 bits per heavy atom. The van der Waals surface area contributed by atoms with E-state index in [-0.39, 0.29) is 16.3 Å². The molecule has 2 N–H and O–H groups in total. The third-order valence-electron chi connectivity index (χ3n) is 4.58. The highest BCUT2D eigenvalue weighted by atomic mass is 32.2. The number of benzene rings is 2. The zero-order valence-corrected chi connectivity index (χ0v) is 17.9. The minimum atomic E-state index is -4.00. The van der Waals surface area contributed by atoms with E-state index >= 15 is 0 Å². The molecule has 1 aliphatic rings. The molecule has 4 rings (SSSR count). The van der Waals surface area contributed by atoms with Gasteiger partial charge < -0.3 is 14.8 Å². The molecule has 1 aliphatic heterocycles. The van der Waals surface area contributed by atoms with E-state index in [1.54, 1.807) is 44.2 Å². The van der Waals surface area contributed by atoms with Crippen molar-refractivity contribution < 1.29 is 22.7 Å². The van der Waals surface area contributed by atoms with E-state index in [9.17, 15) is 13.2 Å². The lowest BCUT2D eigenvalue weighted by Gasteiger charge is -2.23. The Kier molecular flexibility index (Phi) is 5.58. The van der Waals surface area contributed by atoms with E-state index in [1.165, 1.54) is 6.07 Å². The van der Waals surface area contributed by atoms with Crippen molar-refractivity contribution >= 4 is 44.4 Å². The SMILES string of the molecule is CC(C)C(NS(=O)(=O)c1cccc2nsnc12)C(=O)Nc1ccc2c(c1)OCCO2. The quantitative estimate of drug-likeness (QED) is 0.594. The summed E-state index contributed by atoms with van der Waals surface area (Å²) >= 11 is 0.934. The predicted octanol–water partition coefficient (Wildman–Crippen LogP) is 2.40. The molecule has 0 radical (unpaired) electrons. The summed E-state index contributed by atoms with van der Waals surface area (Å²) in [5.74, 6) is 0.354. The highest BCUT2D eigenvalue weighted by molar-refractivity contribution is 7.89. The van der Waals surface area contributed by atoms with Crippen LogP contribution < -0.4 is 19.5 Å². The summed E-state index contributed by atoms with van der Waals surface area (Å²) in [6.45, 7) is 4.43. The predicted molar refractivity (Wildman–Crippen MR) is 112 cm³/mol. The Hall–Kier alpha value is -2.76. The number of hydrogen-bond donors (Lipinski definition) is 2. The highest BCUT2D eigenvalue weighted by Crippen LogP contribution is 2.32. The number of fused-ring (bicyclic) bond motifs is 2. The highest BCUT2D eigenvalue weighted by Gasteiger charge is 2.30. The fourth-order valence-corrected chi connectivity index (χ4v) is 5.17. The Morgan fingerprint density at radius 1 is 1.10 bits per heavy atom. The monoisotopic (exact) mass is 448 g/mol. The lowest BCUT2D eigenvalue weighted by Crippen LogP contribution is -2.47. The van der Waals surface area contributed by atoms with Crippen LogP contribution in [0.15, 0.2) is 41.3 Å². The van der Waals surface area contributed by atoms with Crippen molar-refractivity contribution in [3.63, 3.8) is 0 Å². The molecule has 11 heteroatoms. The molecule has 3 aromatic rings. The number of anilines is 1. The Balaban J connectivity index is 1.56. The van der Waals surface area contributed by atoms with Gasteiger partial charge in [0.2, 0.25) is 15.9 Å². The Labute approximate surface area is 177 Å². The van der Waals surface area contributed by atoms with E-state index in [0.717, 1.165) is 11.7 Å². The molecule has 1 amide bonds. The van der Waals surface area contributed by atoms with Crippen molar-refractivity contribution in [1.82, 2.24) is 13.5 Å². The molecule has 2 heterocycles. The van der Waals surface area contributed by atoms with E-state index in [2.05, 4.69) is 18.8 Å². The van der Waals surface area contributed by atoms with E-state index in [1.807, 2.05) is 0 Å². The van der Waals surface area contributed by atoms with Crippen molar-refractivity contribution in [3.8, 4) is 11.5 Å². The molecule has 1 atom stereocenters. The van der Waals surface area contributed by atoms with E-state index in [0.29, 0.717) is 35.9 Å². The fraction of sp³-hybridized carbons (Fsp3) is 0.316. The maximum atomic E-state index is 13.0. The second-order valence-electron chi connectivity index (χ2n) is 7.08. The number of sulfonamides is 1. The number of carbonyl (C=O) groups excluding carboxylic acids is 1. The van der Waals surface area contributed by atoms with Gasteiger partial charge in [0.15, 0.2) is 11.5 Å². The normalized spacial score (nSPS) is 14.6. The van der Waals surface area contributed by atoms with Crippen molar-refractivity contribution in [2.45, 2.75) is 24.8 Å². The largest absolute Gasteiger partial charge is 0.486 e. The molecular weight excluding hydrogens is 428 g/mol. The minimum absolute atomic E-state index is 0.00784. The number of carbonyl (C=O) groups is 1. The van der Waals surface area contributed by atoms with E-state index in [4.69, 9.17) is 9.47 Å². The summed E-state index contributed by atoms with van der Waals surface area (Å²) in [6.07, 6.45) is 0. The second-order valence-corrected chi connectivity index (χ2v) is 9.29.